The van der Waals surface area contributed by atoms with Crippen molar-refractivity contribution in [1.82, 2.24) is 10.2 Å². The lowest BCUT2D eigenvalue weighted by atomic mass is 10.1. The van der Waals surface area contributed by atoms with Crippen molar-refractivity contribution in [2.75, 3.05) is 20.1 Å². The van der Waals surface area contributed by atoms with Gasteiger partial charge in [-0.1, -0.05) is 42.5 Å². The molecule has 3 rings (SSSR count). The van der Waals surface area contributed by atoms with E-state index in [2.05, 4.69) is 27.3 Å². The normalized spacial score (nSPS) is 21.2. The van der Waals surface area contributed by atoms with E-state index in [0.717, 1.165) is 24.6 Å². The molecule has 5 heteroatoms. The minimum atomic E-state index is -0.232. The maximum absolute atomic E-state index is 13.2. The first-order valence-electron chi connectivity index (χ1n) is 8.56. The summed E-state index contributed by atoms with van der Waals surface area (Å²) in [6.45, 7) is 4.23. The van der Waals surface area contributed by atoms with Gasteiger partial charge in [-0.2, -0.15) is 0 Å². The number of rotatable bonds is 3. The molecular weight excluding hydrogens is 317 g/mol. The Balaban J connectivity index is 1.68. The number of hydrogen-bond acceptors (Lipinski definition) is 2. The van der Waals surface area contributed by atoms with Crippen molar-refractivity contribution < 1.29 is 9.13 Å². The Morgan fingerprint density at radius 3 is 2.56 bits per heavy atom. The van der Waals surface area contributed by atoms with E-state index in [1.54, 1.807) is 19.2 Å². The maximum atomic E-state index is 13.2. The van der Waals surface area contributed by atoms with Gasteiger partial charge in [-0.3, -0.25) is 4.99 Å². The molecule has 0 aliphatic carbocycles. The summed E-state index contributed by atoms with van der Waals surface area (Å²) in [5.41, 5.74) is 2.19. The molecule has 1 aliphatic rings. The third-order valence-electron chi connectivity index (χ3n) is 4.31. The fourth-order valence-electron chi connectivity index (χ4n) is 3.10. The van der Waals surface area contributed by atoms with E-state index in [-0.39, 0.29) is 18.0 Å². The van der Waals surface area contributed by atoms with Gasteiger partial charge in [0.15, 0.2) is 5.96 Å². The molecule has 0 amide bonds. The first-order valence-corrected chi connectivity index (χ1v) is 8.56. The highest BCUT2D eigenvalue weighted by atomic mass is 19.1. The lowest BCUT2D eigenvalue weighted by Crippen LogP contribution is -2.50. The van der Waals surface area contributed by atoms with Gasteiger partial charge >= 0.3 is 0 Å². The Bertz CT molecular complexity index is 703. The summed E-state index contributed by atoms with van der Waals surface area (Å²) >= 11 is 0. The van der Waals surface area contributed by atoms with Gasteiger partial charge in [0.1, 0.15) is 11.9 Å². The van der Waals surface area contributed by atoms with Crippen LogP contribution in [0.2, 0.25) is 0 Å². The number of aliphatic imine (C=N–C) groups is 1. The summed E-state index contributed by atoms with van der Waals surface area (Å²) < 4.78 is 19.2. The summed E-state index contributed by atoms with van der Waals surface area (Å²) in [7, 11) is 1.79. The highest BCUT2D eigenvalue weighted by molar-refractivity contribution is 5.80. The molecule has 1 heterocycles. The second-order valence-corrected chi connectivity index (χ2v) is 6.28. The van der Waals surface area contributed by atoms with E-state index in [4.69, 9.17) is 4.74 Å². The van der Waals surface area contributed by atoms with Crippen LogP contribution in [0.25, 0.3) is 0 Å². The number of benzene rings is 2. The Morgan fingerprint density at radius 1 is 1.16 bits per heavy atom. The molecule has 4 nitrogen and oxygen atoms in total. The molecule has 0 spiro atoms. The Kier molecular flexibility index (Phi) is 5.66. The van der Waals surface area contributed by atoms with Crippen LogP contribution in [-0.2, 0) is 11.3 Å². The lowest BCUT2D eigenvalue weighted by Gasteiger charge is -2.38. The van der Waals surface area contributed by atoms with Crippen LogP contribution >= 0.6 is 0 Å². The average molecular weight is 341 g/mol. The van der Waals surface area contributed by atoms with Crippen LogP contribution in [0, 0.1) is 5.82 Å². The molecule has 25 heavy (non-hydrogen) atoms. The van der Waals surface area contributed by atoms with E-state index in [1.165, 1.54) is 17.7 Å². The molecule has 1 aliphatic heterocycles. The second-order valence-electron chi connectivity index (χ2n) is 6.28. The molecule has 132 valence electrons. The van der Waals surface area contributed by atoms with Crippen molar-refractivity contribution in [3.63, 3.8) is 0 Å². The molecule has 2 aromatic carbocycles. The van der Waals surface area contributed by atoms with Crippen molar-refractivity contribution in [2.45, 2.75) is 25.7 Å². The zero-order valence-electron chi connectivity index (χ0n) is 14.7. The number of ether oxygens (including phenoxy) is 1. The fraction of sp³-hybridized carbons (Fsp3) is 0.350. The molecule has 0 bridgehead atoms. The number of halogens is 1. The Labute approximate surface area is 148 Å². The van der Waals surface area contributed by atoms with Crippen LogP contribution in [0.4, 0.5) is 4.39 Å². The van der Waals surface area contributed by atoms with Crippen molar-refractivity contribution in [1.29, 1.82) is 0 Å². The smallest absolute Gasteiger partial charge is 0.194 e. The van der Waals surface area contributed by atoms with Gasteiger partial charge in [0, 0.05) is 20.1 Å². The van der Waals surface area contributed by atoms with E-state index in [1.807, 2.05) is 25.1 Å². The summed E-state index contributed by atoms with van der Waals surface area (Å²) in [6, 6.07) is 16.8. The third-order valence-corrected chi connectivity index (χ3v) is 4.31. The van der Waals surface area contributed by atoms with Gasteiger partial charge in [-0.05, 0) is 30.2 Å². The minimum Gasteiger partial charge on any atom is -0.367 e. The largest absolute Gasteiger partial charge is 0.367 e. The summed E-state index contributed by atoms with van der Waals surface area (Å²) in [6.07, 6.45) is -0.0290. The van der Waals surface area contributed by atoms with Gasteiger partial charge in [-0.15, -0.1) is 0 Å². The zero-order chi connectivity index (χ0) is 17.6. The molecule has 2 atom stereocenters. The van der Waals surface area contributed by atoms with Crippen molar-refractivity contribution in [2.24, 2.45) is 4.99 Å². The number of morpholine rings is 1. The number of guanidine groups is 1. The molecule has 2 aromatic rings. The maximum Gasteiger partial charge on any atom is 0.194 e. The third kappa shape index (κ3) is 4.57. The van der Waals surface area contributed by atoms with Crippen molar-refractivity contribution >= 4 is 5.96 Å². The highest BCUT2D eigenvalue weighted by Crippen LogP contribution is 2.25. The van der Waals surface area contributed by atoms with Crippen molar-refractivity contribution in [3.8, 4) is 0 Å². The highest BCUT2D eigenvalue weighted by Gasteiger charge is 2.28. The number of nitrogens with one attached hydrogen (secondary N) is 1. The van der Waals surface area contributed by atoms with Crippen LogP contribution in [-0.4, -0.2) is 37.1 Å². The van der Waals surface area contributed by atoms with E-state index >= 15 is 0 Å². The van der Waals surface area contributed by atoms with E-state index in [0.29, 0.717) is 6.54 Å². The standard InChI is InChI=1S/C20H24FN3O/c1-15-13-24(14-19(25-15)17-8-10-18(21)11-9-17)20(22-2)23-12-16-6-4-3-5-7-16/h3-11,15,19H,12-14H2,1-2H3,(H,22,23). The topological polar surface area (TPSA) is 36.9 Å². The number of hydrogen-bond donors (Lipinski definition) is 1. The summed E-state index contributed by atoms with van der Waals surface area (Å²) in [5, 5.41) is 3.42. The fourth-order valence-corrected chi connectivity index (χ4v) is 3.10. The molecule has 1 saturated heterocycles. The summed E-state index contributed by atoms with van der Waals surface area (Å²) in [4.78, 5) is 6.62. The molecule has 0 saturated carbocycles. The monoisotopic (exact) mass is 341 g/mol. The SMILES string of the molecule is CN=C(NCc1ccccc1)N1CC(C)OC(c2ccc(F)cc2)C1. The predicted molar refractivity (Wildman–Crippen MR) is 97.9 cm³/mol. The van der Waals surface area contributed by atoms with Crippen LogP contribution in [0.3, 0.4) is 0 Å². The lowest BCUT2D eigenvalue weighted by molar-refractivity contribution is -0.0605. The molecule has 1 fully saturated rings. The minimum absolute atomic E-state index is 0.0686. The van der Waals surface area contributed by atoms with Gasteiger partial charge < -0.3 is 15.0 Å². The Morgan fingerprint density at radius 2 is 1.88 bits per heavy atom. The average Bonchev–Trinajstić information content (AvgIpc) is 2.63. The van der Waals surface area contributed by atoms with Gasteiger partial charge in [0.25, 0.3) is 0 Å². The first-order chi connectivity index (χ1) is 12.2. The van der Waals surface area contributed by atoms with E-state index in [9.17, 15) is 4.39 Å². The molecular formula is C20H24FN3O. The van der Waals surface area contributed by atoms with E-state index < -0.39 is 0 Å². The second kappa shape index (κ2) is 8.12. The van der Waals surface area contributed by atoms with Crippen LogP contribution in [0.1, 0.15) is 24.2 Å². The Hall–Kier alpha value is -2.40. The molecule has 0 aromatic heterocycles. The first kappa shape index (κ1) is 17.4. The van der Waals surface area contributed by atoms with Crippen LogP contribution < -0.4 is 5.32 Å². The van der Waals surface area contributed by atoms with Gasteiger partial charge in [0.05, 0.1) is 12.6 Å². The zero-order valence-corrected chi connectivity index (χ0v) is 14.7. The molecule has 1 N–H and O–H groups in total. The van der Waals surface area contributed by atoms with Crippen LogP contribution in [0.5, 0.6) is 0 Å². The molecule has 2 unspecified atom stereocenters. The van der Waals surface area contributed by atoms with Crippen molar-refractivity contribution in [3.05, 3.63) is 71.5 Å². The van der Waals surface area contributed by atoms with Crippen LogP contribution in [0.15, 0.2) is 59.6 Å². The number of nitrogens with zero attached hydrogens (tertiary/aromatic N) is 2. The van der Waals surface area contributed by atoms with Gasteiger partial charge in [-0.25, -0.2) is 4.39 Å². The quantitative estimate of drug-likeness (QED) is 0.687. The summed E-state index contributed by atoms with van der Waals surface area (Å²) in [5.74, 6) is 0.621. The predicted octanol–water partition coefficient (Wildman–Crippen LogP) is 3.36. The van der Waals surface area contributed by atoms with Gasteiger partial charge in [0.2, 0.25) is 0 Å². The molecule has 0 radical (unpaired) electrons.